The normalized spacial score (nSPS) is 14.7. The number of nitrogens with zero attached hydrogens (tertiary/aromatic N) is 2. The molecule has 2 aromatic rings. The van der Waals surface area contributed by atoms with Gasteiger partial charge in [0.15, 0.2) is 0 Å². The van der Waals surface area contributed by atoms with Crippen LogP contribution < -0.4 is 10.9 Å². The molecule has 0 spiro atoms. The fraction of sp³-hybridized carbons (Fsp3) is 0.450. The quantitative estimate of drug-likeness (QED) is 0.931. The van der Waals surface area contributed by atoms with E-state index in [-0.39, 0.29) is 24.1 Å². The standard InChI is InChI=1S/C20H25N3O2/c1-13-10-15(3)17(11-14(13)2)18-8-9-20(25)23(22-18)12-19(24)21-16-6-4-5-7-16/h8-11,16H,4-7,12H2,1-3H3,(H,21,24). The number of aryl methyl sites for hydroxylation is 3. The van der Waals surface area contributed by atoms with Crippen molar-refractivity contribution in [2.45, 2.75) is 59.0 Å². The lowest BCUT2D eigenvalue weighted by atomic mass is 9.99. The number of aromatic nitrogens is 2. The van der Waals surface area contributed by atoms with Gasteiger partial charge in [-0.25, -0.2) is 4.68 Å². The molecule has 1 aliphatic rings. The summed E-state index contributed by atoms with van der Waals surface area (Å²) < 4.78 is 1.26. The predicted molar refractivity (Wildman–Crippen MR) is 98.5 cm³/mol. The zero-order valence-electron chi connectivity index (χ0n) is 15.1. The van der Waals surface area contributed by atoms with Crippen LogP contribution in [-0.4, -0.2) is 21.7 Å². The van der Waals surface area contributed by atoms with Crippen LogP contribution >= 0.6 is 0 Å². The number of hydrogen-bond donors (Lipinski definition) is 1. The van der Waals surface area contributed by atoms with Crippen LogP contribution in [0.2, 0.25) is 0 Å². The Hall–Kier alpha value is -2.43. The molecule has 1 N–H and O–H groups in total. The van der Waals surface area contributed by atoms with E-state index in [0.29, 0.717) is 5.69 Å². The molecule has 0 aliphatic heterocycles. The molecule has 1 fully saturated rings. The van der Waals surface area contributed by atoms with Gasteiger partial charge in [-0.05, 0) is 62.4 Å². The minimum atomic E-state index is -0.258. The summed E-state index contributed by atoms with van der Waals surface area (Å²) in [5.41, 5.74) is 4.97. The molecule has 1 aromatic carbocycles. The van der Waals surface area contributed by atoms with Gasteiger partial charge in [0.1, 0.15) is 6.54 Å². The first-order chi connectivity index (χ1) is 11.9. The van der Waals surface area contributed by atoms with Crippen molar-refractivity contribution in [3.63, 3.8) is 0 Å². The molecule has 1 amide bonds. The number of rotatable bonds is 4. The molecule has 0 atom stereocenters. The highest BCUT2D eigenvalue weighted by atomic mass is 16.2. The van der Waals surface area contributed by atoms with Gasteiger partial charge in [0.2, 0.25) is 5.91 Å². The van der Waals surface area contributed by atoms with Crippen LogP contribution in [0.1, 0.15) is 42.4 Å². The van der Waals surface area contributed by atoms with E-state index < -0.39 is 0 Å². The highest BCUT2D eigenvalue weighted by Crippen LogP contribution is 2.24. The van der Waals surface area contributed by atoms with E-state index in [4.69, 9.17) is 0 Å². The highest BCUT2D eigenvalue weighted by Gasteiger charge is 2.18. The lowest BCUT2D eigenvalue weighted by molar-refractivity contribution is -0.122. The number of carbonyl (C=O) groups is 1. The Balaban J connectivity index is 1.84. The van der Waals surface area contributed by atoms with Gasteiger partial charge >= 0.3 is 0 Å². The molecule has 0 radical (unpaired) electrons. The highest BCUT2D eigenvalue weighted by molar-refractivity contribution is 5.76. The van der Waals surface area contributed by atoms with Crippen LogP contribution in [0.4, 0.5) is 0 Å². The summed E-state index contributed by atoms with van der Waals surface area (Å²) in [5.74, 6) is -0.143. The second-order valence-corrected chi connectivity index (χ2v) is 7.01. The van der Waals surface area contributed by atoms with Gasteiger partial charge in [-0.1, -0.05) is 18.9 Å². The van der Waals surface area contributed by atoms with Crippen LogP contribution in [0.5, 0.6) is 0 Å². The van der Waals surface area contributed by atoms with Gasteiger partial charge in [0, 0.05) is 17.7 Å². The van der Waals surface area contributed by atoms with E-state index in [9.17, 15) is 9.59 Å². The summed E-state index contributed by atoms with van der Waals surface area (Å²) >= 11 is 0. The van der Waals surface area contributed by atoms with Crippen molar-refractivity contribution in [3.8, 4) is 11.3 Å². The molecule has 3 rings (SSSR count). The smallest absolute Gasteiger partial charge is 0.267 e. The molecule has 5 heteroatoms. The average Bonchev–Trinajstić information content (AvgIpc) is 3.06. The topological polar surface area (TPSA) is 64.0 Å². The molecule has 5 nitrogen and oxygen atoms in total. The number of nitrogens with one attached hydrogen (secondary N) is 1. The fourth-order valence-corrected chi connectivity index (χ4v) is 3.42. The van der Waals surface area contributed by atoms with Gasteiger partial charge in [-0.3, -0.25) is 9.59 Å². The van der Waals surface area contributed by atoms with E-state index in [2.05, 4.69) is 36.4 Å². The van der Waals surface area contributed by atoms with Crippen LogP contribution in [-0.2, 0) is 11.3 Å². The van der Waals surface area contributed by atoms with Crippen LogP contribution in [0.15, 0.2) is 29.1 Å². The third kappa shape index (κ3) is 3.98. The number of amides is 1. The molecular weight excluding hydrogens is 314 g/mol. The molecule has 0 unspecified atom stereocenters. The number of hydrogen-bond acceptors (Lipinski definition) is 3. The molecule has 0 bridgehead atoms. The maximum Gasteiger partial charge on any atom is 0.267 e. The van der Waals surface area contributed by atoms with E-state index in [0.717, 1.165) is 36.8 Å². The van der Waals surface area contributed by atoms with Crippen LogP contribution in [0.25, 0.3) is 11.3 Å². The summed E-state index contributed by atoms with van der Waals surface area (Å²) in [4.78, 5) is 24.3. The summed E-state index contributed by atoms with van der Waals surface area (Å²) in [5, 5.41) is 7.44. The largest absolute Gasteiger partial charge is 0.352 e. The first-order valence-corrected chi connectivity index (χ1v) is 8.90. The van der Waals surface area contributed by atoms with E-state index in [1.807, 2.05) is 6.92 Å². The summed E-state index contributed by atoms with van der Waals surface area (Å²) in [7, 11) is 0. The zero-order valence-corrected chi connectivity index (χ0v) is 15.1. The summed E-state index contributed by atoms with van der Waals surface area (Å²) in [6.07, 6.45) is 4.36. The molecule has 1 aromatic heterocycles. The van der Waals surface area contributed by atoms with Gasteiger partial charge < -0.3 is 5.32 Å². The first-order valence-electron chi connectivity index (χ1n) is 8.90. The van der Waals surface area contributed by atoms with Crippen molar-refractivity contribution >= 4 is 5.91 Å². The minimum absolute atomic E-state index is 0.0347. The number of benzene rings is 1. The molecule has 0 saturated heterocycles. The van der Waals surface area contributed by atoms with Crippen molar-refractivity contribution in [1.82, 2.24) is 15.1 Å². The van der Waals surface area contributed by atoms with Gasteiger partial charge in [0.05, 0.1) is 5.69 Å². The SMILES string of the molecule is Cc1cc(C)c(-c2ccc(=O)n(CC(=O)NC3CCCC3)n2)cc1C. The lowest BCUT2D eigenvalue weighted by Crippen LogP contribution is -2.38. The lowest BCUT2D eigenvalue weighted by Gasteiger charge is -2.13. The van der Waals surface area contributed by atoms with E-state index in [1.165, 1.54) is 21.9 Å². The van der Waals surface area contributed by atoms with Gasteiger partial charge in [-0.15, -0.1) is 0 Å². The zero-order chi connectivity index (χ0) is 18.0. The molecular formula is C20H25N3O2. The Morgan fingerprint density at radius 1 is 1.12 bits per heavy atom. The van der Waals surface area contributed by atoms with Gasteiger partial charge in [0.25, 0.3) is 5.56 Å². The average molecular weight is 339 g/mol. The Bertz CT molecular complexity index is 849. The predicted octanol–water partition coefficient (Wildman–Crippen LogP) is 2.89. The van der Waals surface area contributed by atoms with Crippen LogP contribution in [0, 0.1) is 20.8 Å². The first kappa shape index (κ1) is 17.4. The third-order valence-electron chi connectivity index (χ3n) is 5.00. The van der Waals surface area contributed by atoms with Crippen molar-refractivity contribution in [1.29, 1.82) is 0 Å². The van der Waals surface area contributed by atoms with Crippen LogP contribution in [0.3, 0.4) is 0 Å². The van der Waals surface area contributed by atoms with Crippen molar-refractivity contribution < 1.29 is 4.79 Å². The van der Waals surface area contributed by atoms with Crippen molar-refractivity contribution in [2.75, 3.05) is 0 Å². The fourth-order valence-electron chi connectivity index (χ4n) is 3.42. The molecule has 25 heavy (non-hydrogen) atoms. The summed E-state index contributed by atoms with van der Waals surface area (Å²) in [6, 6.07) is 7.66. The maximum absolute atomic E-state index is 12.2. The third-order valence-corrected chi connectivity index (χ3v) is 5.00. The Morgan fingerprint density at radius 2 is 1.80 bits per heavy atom. The molecule has 1 heterocycles. The molecule has 1 aliphatic carbocycles. The van der Waals surface area contributed by atoms with Crippen molar-refractivity contribution in [2.24, 2.45) is 0 Å². The summed E-state index contributed by atoms with van der Waals surface area (Å²) in [6.45, 7) is 6.13. The molecule has 132 valence electrons. The molecule has 1 saturated carbocycles. The minimum Gasteiger partial charge on any atom is -0.352 e. The van der Waals surface area contributed by atoms with E-state index in [1.54, 1.807) is 6.07 Å². The maximum atomic E-state index is 12.2. The second kappa shape index (κ2) is 7.21. The van der Waals surface area contributed by atoms with Crippen molar-refractivity contribution in [3.05, 3.63) is 51.3 Å². The van der Waals surface area contributed by atoms with E-state index >= 15 is 0 Å². The Kier molecular flexibility index (Phi) is 5.02. The Morgan fingerprint density at radius 3 is 2.52 bits per heavy atom. The second-order valence-electron chi connectivity index (χ2n) is 7.01. The number of carbonyl (C=O) groups excluding carboxylic acids is 1. The monoisotopic (exact) mass is 339 g/mol. The Labute approximate surface area is 148 Å². The van der Waals surface area contributed by atoms with Gasteiger partial charge in [-0.2, -0.15) is 5.10 Å².